The van der Waals surface area contributed by atoms with Crippen LogP contribution in [0.1, 0.15) is 23.2 Å². The molecule has 1 fully saturated rings. The zero-order valence-electron chi connectivity index (χ0n) is 14.1. The standard InChI is InChI=1S/C10H24N4.C7H6O2.Co/c1-3-11-7-9-13-5-2-6-14-10-8-12-4-1;8-7(9)6-4-2-1-3-5-6;/h11-14H,1-10H2;1-5H,(H,8,9);. The second-order valence-electron chi connectivity index (χ2n) is 5.38. The van der Waals surface area contributed by atoms with E-state index in [0.717, 1.165) is 52.4 Å². The number of aromatic carboxylic acids is 1. The molecule has 1 aliphatic heterocycles. The number of carboxylic acids is 1. The largest absolute Gasteiger partial charge is 0.478 e. The van der Waals surface area contributed by atoms with Crippen LogP contribution >= 0.6 is 0 Å². The molecule has 0 bridgehead atoms. The van der Waals surface area contributed by atoms with Crippen LogP contribution in [0.4, 0.5) is 0 Å². The summed E-state index contributed by atoms with van der Waals surface area (Å²) in [5, 5.41) is 22.1. The van der Waals surface area contributed by atoms with Crippen molar-refractivity contribution in [2.24, 2.45) is 0 Å². The average Bonchev–Trinajstić information content (AvgIpc) is 2.58. The van der Waals surface area contributed by atoms with Crippen LogP contribution < -0.4 is 21.3 Å². The molecule has 0 saturated carbocycles. The molecule has 1 aromatic rings. The molecular formula is C17H30CoN4O2. The Hall–Kier alpha value is -0.964. The molecule has 5 N–H and O–H groups in total. The van der Waals surface area contributed by atoms with Crippen molar-refractivity contribution >= 4 is 5.97 Å². The van der Waals surface area contributed by atoms with Crippen molar-refractivity contribution in [3.63, 3.8) is 0 Å². The minimum atomic E-state index is -0.879. The van der Waals surface area contributed by atoms with E-state index in [0.29, 0.717) is 5.56 Å². The van der Waals surface area contributed by atoms with E-state index in [1.807, 2.05) is 0 Å². The Bertz CT molecular complexity index is 354. The molecule has 1 saturated heterocycles. The second kappa shape index (κ2) is 16.9. The zero-order chi connectivity index (χ0) is 16.6. The Labute approximate surface area is 155 Å². The van der Waals surface area contributed by atoms with Crippen molar-refractivity contribution in [1.82, 2.24) is 21.3 Å². The number of benzene rings is 1. The molecule has 1 radical (unpaired) electrons. The molecular weight excluding hydrogens is 351 g/mol. The van der Waals surface area contributed by atoms with Gasteiger partial charge in [0.1, 0.15) is 0 Å². The fraction of sp³-hybridized carbons (Fsp3) is 0.588. The molecule has 0 spiro atoms. The van der Waals surface area contributed by atoms with Crippen LogP contribution in [0.15, 0.2) is 30.3 Å². The maximum absolute atomic E-state index is 10.2. The summed E-state index contributed by atoms with van der Waals surface area (Å²) in [5.41, 5.74) is 0.331. The summed E-state index contributed by atoms with van der Waals surface area (Å²) >= 11 is 0. The van der Waals surface area contributed by atoms with E-state index in [1.165, 1.54) is 12.8 Å². The van der Waals surface area contributed by atoms with Crippen LogP contribution in [-0.4, -0.2) is 63.4 Å². The minimum Gasteiger partial charge on any atom is -0.478 e. The van der Waals surface area contributed by atoms with Gasteiger partial charge in [-0.3, -0.25) is 0 Å². The molecule has 1 aliphatic rings. The third-order valence-corrected chi connectivity index (χ3v) is 3.39. The van der Waals surface area contributed by atoms with Crippen molar-refractivity contribution in [3.05, 3.63) is 35.9 Å². The fourth-order valence-electron chi connectivity index (χ4n) is 2.11. The van der Waals surface area contributed by atoms with Gasteiger partial charge in [0.15, 0.2) is 0 Å². The van der Waals surface area contributed by atoms with Crippen molar-refractivity contribution < 1.29 is 26.7 Å². The van der Waals surface area contributed by atoms with Crippen LogP contribution in [0.25, 0.3) is 0 Å². The molecule has 1 heterocycles. The van der Waals surface area contributed by atoms with Crippen molar-refractivity contribution in [1.29, 1.82) is 0 Å². The second-order valence-corrected chi connectivity index (χ2v) is 5.38. The summed E-state index contributed by atoms with van der Waals surface area (Å²) in [4.78, 5) is 10.2. The SMILES string of the molecule is C1CNCCNCCCNCCNC1.O=C(O)c1ccccc1.[Co]. The summed E-state index contributed by atoms with van der Waals surface area (Å²) in [7, 11) is 0. The summed E-state index contributed by atoms with van der Waals surface area (Å²) in [5.74, 6) is -0.879. The molecule has 24 heavy (non-hydrogen) atoms. The quantitative estimate of drug-likeness (QED) is 0.488. The predicted molar refractivity (Wildman–Crippen MR) is 94.1 cm³/mol. The number of rotatable bonds is 1. The van der Waals surface area contributed by atoms with Crippen molar-refractivity contribution in [2.75, 3.05) is 52.4 Å². The first-order valence-electron chi connectivity index (χ1n) is 8.42. The first kappa shape index (κ1) is 23.0. The summed E-state index contributed by atoms with van der Waals surface area (Å²) in [6.45, 7) is 8.87. The van der Waals surface area contributed by atoms with E-state index in [4.69, 9.17) is 5.11 Å². The number of carbonyl (C=O) groups is 1. The normalized spacial score (nSPS) is 17.3. The third kappa shape index (κ3) is 13.5. The summed E-state index contributed by atoms with van der Waals surface area (Å²) in [6, 6.07) is 8.30. The van der Waals surface area contributed by atoms with Crippen molar-refractivity contribution in [3.8, 4) is 0 Å². The van der Waals surface area contributed by atoms with Gasteiger partial charge in [-0.25, -0.2) is 4.79 Å². The molecule has 0 aromatic heterocycles. The first-order valence-corrected chi connectivity index (χ1v) is 8.42. The Morgan fingerprint density at radius 1 is 0.708 bits per heavy atom. The molecule has 2 rings (SSSR count). The maximum atomic E-state index is 10.2. The van der Waals surface area contributed by atoms with E-state index < -0.39 is 5.97 Å². The van der Waals surface area contributed by atoms with E-state index in [9.17, 15) is 4.79 Å². The molecule has 0 atom stereocenters. The average molecular weight is 381 g/mol. The Morgan fingerprint density at radius 2 is 1.08 bits per heavy atom. The third-order valence-electron chi connectivity index (χ3n) is 3.39. The fourth-order valence-corrected chi connectivity index (χ4v) is 2.11. The Morgan fingerprint density at radius 3 is 1.38 bits per heavy atom. The van der Waals surface area contributed by atoms with Gasteiger partial charge >= 0.3 is 5.97 Å². The Kier molecular flexibility index (Phi) is 16.2. The van der Waals surface area contributed by atoms with Gasteiger partial charge in [-0.1, -0.05) is 18.2 Å². The molecule has 0 unspecified atom stereocenters. The van der Waals surface area contributed by atoms with Gasteiger partial charge in [-0.15, -0.1) is 0 Å². The predicted octanol–water partition coefficient (Wildman–Crippen LogP) is 0.521. The van der Waals surface area contributed by atoms with Gasteiger partial charge in [0.05, 0.1) is 5.56 Å². The molecule has 0 aliphatic carbocycles. The molecule has 0 amide bonds. The zero-order valence-corrected chi connectivity index (χ0v) is 15.2. The van der Waals surface area contributed by atoms with Crippen LogP contribution in [0, 0.1) is 0 Å². The van der Waals surface area contributed by atoms with Crippen molar-refractivity contribution in [2.45, 2.75) is 12.8 Å². The van der Waals surface area contributed by atoms with Gasteiger partial charge in [0.2, 0.25) is 0 Å². The van der Waals surface area contributed by atoms with E-state index in [1.54, 1.807) is 30.3 Å². The number of nitrogens with one attached hydrogen (secondary N) is 4. The summed E-state index contributed by atoms with van der Waals surface area (Å²) in [6.07, 6.45) is 2.44. The van der Waals surface area contributed by atoms with Gasteiger partial charge in [0, 0.05) is 43.0 Å². The topological polar surface area (TPSA) is 85.4 Å². The summed E-state index contributed by atoms with van der Waals surface area (Å²) < 4.78 is 0. The van der Waals surface area contributed by atoms with E-state index in [-0.39, 0.29) is 16.8 Å². The molecule has 139 valence electrons. The first-order chi connectivity index (χ1) is 11.3. The van der Waals surface area contributed by atoms with Gasteiger partial charge < -0.3 is 26.4 Å². The van der Waals surface area contributed by atoms with Crippen LogP contribution in [0.5, 0.6) is 0 Å². The molecule has 6 nitrogen and oxygen atoms in total. The van der Waals surface area contributed by atoms with Gasteiger partial charge in [-0.05, 0) is 51.2 Å². The number of carboxylic acid groups (broad SMARTS) is 1. The number of hydrogen-bond donors (Lipinski definition) is 5. The Balaban J connectivity index is 0.000000460. The van der Waals surface area contributed by atoms with Crippen LogP contribution in [0.2, 0.25) is 0 Å². The maximum Gasteiger partial charge on any atom is 0.335 e. The monoisotopic (exact) mass is 381 g/mol. The van der Waals surface area contributed by atoms with Crippen LogP contribution in [0.3, 0.4) is 0 Å². The minimum absolute atomic E-state index is 0. The van der Waals surface area contributed by atoms with Crippen LogP contribution in [-0.2, 0) is 16.8 Å². The van der Waals surface area contributed by atoms with E-state index in [2.05, 4.69) is 21.3 Å². The number of hydrogen-bond acceptors (Lipinski definition) is 5. The smallest absolute Gasteiger partial charge is 0.335 e. The molecule has 1 aromatic carbocycles. The molecule has 7 heteroatoms. The van der Waals surface area contributed by atoms with Gasteiger partial charge in [0.25, 0.3) is 0 Å². The van der Waals surface area contributed by atoms with Gasteiger partial charge in [-0.2, -0.15) is 0 Å². The van der Waals surface area contributed by atoms with E-state index >= 15 is 0 Å².